The number of ether oxygens (including phenoxy) is 3. The second-order valence-electron chi connectivity index (χ2n) is 8.66. The van der Waals surface area contributed by atoms with Crippen molar-refractivity contribution in [2.24, 2.45) is 21.2 Å². The molecule has 1 saturated heterocycles. The molecule has 208 valence electrons. The summed E-state index contributed by atoms with van der Waals surface area (Å²) in [5.41, 5.74) is 3.92. The van der Waals surface area contributed by atoms with Gasteiger partial charge in [-0.25, -0.2) is 14.8 Å². The molecule has 0 amide bonds. The van der Waals surface area contributed by atoms with E-state index >= 15 is 0 Å². The van der Waals surface area contributed by atoms with Gasteiger partial charge in [0.1, 0.15) is 17.4 Å². The molecule has 1 aromatic heterocycles. The number of nitrogens with zero attached hydrogens (tertiary/aromatic N) is 6. The standard InChI is InChI=1S/C28H32N8O4/c1-4-40-26(37)9-8-20-6-5-7-21(14-20)25-18-30-28(33-27(25)36-10-12-39-13-11-36)32-23-15-22(16-24(17-23)38-3)31-19(2)34-35-29/h5-9,14-18H,4,10-13H2,1-3H3,(H2,29,31,34)(H,30,32,33)/b9-8+. The Morgan fingerprint density at radius 1 is 1.23 bits per heavy atom. The highest BCUT2D eigenvalue weighted by Crippen LogP contribution is 2.33. The number of anilines is 3. The summed E-state index contributed by atoms with van der Waals surface area (Å²) < 4.78 is 16.0. The van der Waals surface area contributed by atoms with Gasteiger partial charge >= 0.3 is 5.97 Å². The van der Waals surface area contributed by atoms with Crippen LogP contribution in [-0.2, 0) is 14.3 Å². The number of benzene rings is 2. The van der Waals surface area contributed by atoms with Crippen molar-refractivity contribution in [2.45, 2.75) is 13.8 Å². The fourth-order valence-corrected chi connectivity index (χ4v) is 4.08. The molecule has 0 radical (unpaired) electrons. The first kappa shape index (κ1) is 28.2. The average molecular weight is 545 g/mol. The van der Waals surface area contributed by atoms with E-state index in [1.165, 1.54) is 6.08 Å². The number of aromatic nitrogens is 2. The lowest BCUT2D eigenvalue weighted by Crippen LogP contribution is -2.37. The minimum absolute atomic E-state index is 0.327. The van der Waals surface area contributed by atoms with E-state index in [2.05, 4.69) is 30.5 Å². The molecule has 2 aromatic carbocycles. The van der Waals surface area contributed by atoms with E-state index in [-0.39, 0.29) is 5.97 Å². The summed E-state index contributed by atoms with van der Waals surface area (Å²) in [5.74, 6) is 6.93. The lowest BCUT2D eigenvalue weighted by atomic mass is 10.0. The van der Waals surface area contributed by atoms with Crippen LogP contribution in [0, 0.1) is 0 Å². The number of esters is 1. The Hall–Kier alpha value is -4.84. The lowest BCUT2D eigenvalue weighted by molar-refractivity contribution is -0.137. The largest absolute Gasteiger partial charge is 0.497 e. The average Bonchev–Trinajstić information content (AvgIpc) is 2.97. The van der Waals surface area contributed by atoms with Crippen molar-refractivity contribution in [1.82, 2.24) is 9.97 Å². The van der Waals surface area contributed by atoms with Crippen molar-refractivity contribution in [3.8, 4) is 16.9 Å². The Labute approximate surface area is 232 Å². The van der Waals surface area contributed by atoms with Gasteiger partial charge in [0.25, 0.3) is 0 Å². The first-order valence-electron chi connectivity index (χ1n) is 12.8. The van der Waals surface area contributed by atoms with Crippen LogP contribution in [0.2, 0.25) is 0 Å². The number of amidine groups is 1. The van der Waals surface area contributed by atoms with Gasteiger partial charge in [-0.2, -0.15) is 4.98 Å². The zero-order chi connectivity index (χ0) is 28.3. The highest BCUT2D eigenvalue weighted by Gasteiger charge is 2.19. The quantitative estimate of drug-likeness (QED) is 0.0744. The van der Waals surface area contributed by atoms with Crippen LogP contribution in [0.3, 0.4) is 0 Å². The second-order valence-corrected chi connectivity index (χ2v) is 8.66. The van der Waals surface area contributed by atoms with Gasteiger partial charge in [0.05, 0.1) is 32.6 Å². The molecule has 1 aliphatic rings. The summed E-state index contributed by atoms with van der Waals surface area (Å²) in [5, 5.41) is 10.3. The molecule has 3 N–H and O–H groups in total. The molecule has 2 heterocycles. The first-order chi connectivity index (χ1) is 19.5. The third-order valence-corrected chi connectivity index (χ3v) is 5.85. The van der Waals surface area contributed by atoms with Gasteiger partial charge in [0.15, 0.2) is 0 Å². The Bertz CT molecular complexity index is 1420. The van der Waals surface area contributed by atoms with Gasteiger partial charge < -0.3 is 30.3 Å². The molecular formula is C28H32N8O4. The van der Waals surface area contributed by atoms with E-state index < -0.39 is 0 Å². The first-order valence-corrected chi connectivity index (χ1v) is 12.8. The highest BCUT2D eigenvalue weighted by molar-refractivity contribution is 5.88. The van der Waals surface area contributed by atoms with Crippen molar-refractivity contribution in [1.29, 1.82) is 0 Å². The van der Waals surface area contributed by atoms with Gasteiger partial charge in [-0.05, 0) is 43.2 Å². The van der Waals surface area contributed by atoms with E-state index in [1.54, 1.807) is 39.3 Å². The topological polar surface area (TPSA) is 149 Å². The molecule has 1 aliphatic heterocycles. The monoisotopic (exact) mass is 544 g/mol. The summed E-state index contributed by atoms with van der Waals surface area (Å²) in [6, 6.07) is 13.2. The SMILES string of the molecule is CCOC(=O)/C=C/c1cccc(-c2cnc(Nc3cc(N=C(C)N=NN)cc(OC)c3)nc2N2CCOCC2)c1. The predicted octanol–water partition coefficient (Wildman–Crippen LogP) is 4.68. The van der Waals surface area contributed by atoms with E-state index in [9.17, 15) is 4.79 Å². The molecule has 12 heteroatoms. The van der Waals surface area contributed by atoms with E-state index in [1.807, 2.05) is 36.4 Å². The van der Waals surface area contributed by atoms with Crippen LogP contribution in [0.5, 0.6) is 5.75 Å². The predicted molar refractivity (Wildman–Crippen MR) is 154 cm³/mol. The number of nitrogens with two attached hydrogens (primary N) is 1. The Kier molecular flexibility index (Phi) is 9.72. The van der Waals surface area contributed by atoms with Crippen LogP contribution in [0.1, 0.15) is 19.4 Å². The van der Waals surface area contributed by atoms with E-state index in [0.29, 0.717) is 61.8 Å². The van der Waals surface area contributed by atoms with Crippen molar-refractivity contribution in [3.05, 3.63) is 60.3 Å². The van der Waals surface area contributed by atoms with Crippen LogP contribution in [0.15, 0.2) is 70.1 Å². The number of carbonyl (C=O) groups excluding carboxylic acids is 1. The van der Waals surface area contributed by atoms with Gasteiger partial charge in [0.2, 0.25) is 5.95 Å². The number of morpholine rings is 1. The van der Waals surface area contributed by atoms with Crippen LogP contribution in [0.25, 0.3) is 17.2 Å². The number of rotatable bonds is 9. The second kappa shape index (κ2) is 13.8. The molecule has 12 nitrogen and oxygen atoms in total. The third-order valence-electron chi connectivity index (χ3n) is 5.85. The number of methoxy groups -OCH3 is 1. The number of aliphatic imine (C=N–C) groups is 1. The third kappa shape index (κ3) is 7.60. The molecular weight excluding hydrogens is 512 g/mol. The summed E-state index contributed by atoms with van der Waals surface area (Å²) in [6.45, 7) is 6.39. The van der Waals surface area contributed by atoms with Crippen molar-refractivity contribution < 1.29 is 19.0 Å². The number of hydrogen-bond acceptors (Lipinski definition) is 10. The Balaban J connectivity index is 1.68. The maximum Gasteiger partial charge on any atom is 0.330 e. The summed E-state index contributed by atoms with van der Waals surface area (Å²) >= 11 is 0. The molecule has 0 atom stereocenters. The summed E-state index contributed by atoms with van der Waals surface area (Å²) in [6.07, 6.45) is 4.94. The summed E-state index contributed by atoms with van der Waals surface area (Å²) in [4.78, 5) is 27.9. The highest BCUT2D eigenvalue weighted by atomic mass is 16.5. The Morgan fingerprint density at radius 2 is 2.05 bits per heavy atom. The van der Waals surface area contributed by atoms with Gasteiger partial charge in [-0.3, -0.25) is 0 Å². The van der Waals surface area contributed by atoms with Crippen LogP contribution < -0.4 is 20.8 Å². The number of carbonyl (C=O) groups is 1. The van der Waals surface area contributed by atoms with Crippen LogP contribution in [-0.4, -0.2) is 61.8 Å². The fourth-order valence-electron chi connectivity index (χ4n) is 4.08. The van der Waals surface area contributed by atoms with Crippen molar-refractivity contribution in [2.75, 3.05) is 50.2 Å². The molecule has 0 bridgehead atoms. The van der Waals surface area contributed by atoms with E-state index in [0.717, 1.165) is 22.5 Å². The fraction of sp³-hybridized carbons (Fsp3) is 0.286. The molecule has 40 heavy (non-hydrogen) atoms. The Morgan fingerprint density at radius 3 is 2.80 bits per heavy atom. The van der Waals surface area contributed by atoms with Crippen LogP contribution >= 0.6 is 0 Å². The van der Waals surface area contributed by atoms with Crippen LogP contribution in [0.4, 0.5) is 23.1 Å². The molecule has 0 saturated carbocycles. The zero-order valence-corrected chi connectivity index (χ0v) is 22.7. The molecule has 3 aromatic rings. The van der Waals surface area contributed by atoms with Gasteiger partial charge in [-0.1, -0.05) is 23.4 Å². The molecule has 0 unspecified atom stereocenters. The number of nitrogens with one attached hydrogen (secondary N) is 1. The van der Waals surface area contributed by atoms with Gasteiger partial charge in [0, 0.05) is 48.7 Å². The number of hydrogen-bond donors (Lipinski definition) is 2. The normalized spacial score (nSPS) is 14.1. The van der Waals surface area contributed by atoms with Crippen molar-refractivity contribution in [3.63, 3.8) is 0 Å². The molecule has 0 aliphatic carbocycles. The summed E-state index contributed by atoms with van der Waals surface area (Å²) in [7, 11) is 1.58. The smallest absolute Gasteiger partial charge is 0.330 e. The van der Waals surface area contributed by atoms with Gasteiger partial charge in [-0.15, -0.1) is 5.11 Å². The maximum atomic E-state index is 11.8. The van der Waals surface area contributed by atoms with Crippen molar-refractivity contribution >= 4 is 41.0 Å². The minimum Gasteiger partial charge on any atom is -0.497 e. The zero-order valence-electron chi connectivity index (χ0n) is 22.7. The molecule has 1 fully saturated rings. The maximum absolute atomic E-state index is 11.8. The minimum atomic E-state index is -0.383. The lowest BCUT2D eigenvalue weighted by Gasteiger charge is -2.29. The molecule has 0 spiro atoms. The van der Waals surface area contributed by atoms with E-state index in [4.69, 9.17) is 25.0 Å². The molecule has 4 rings (SSSR count).